The summed E-state index contributed by atoms with van der Waals surface area (Å²) in [4.78, 5) is 15.6. The second-order valence-electron chi connectivity index (χ2n) is 6.61. The summed E-state index contributed by atoms with van der Waals surface area (Å²) < 4.78 is 11.5. The first-order valence-corrected chi connectivity index (χ1v) is 8.90. The number of ether oxygens (including phenoxy) is 2. The van der Waals surface area contributed by atoms with E-state index in [1.165, 1.54) is 0 Å². The molecule has 2 atom stereocenters. The molecule has 2 amide bonds. The lowest BCUT2D eigenvalue weighted by Gasteiger charge is -2.42. The van der Waals surface area contributed by atoms with Crippen molar-refractivity contribution in [1.29, 1.82) is 5.26 Å². The number of amides is 2. The van der Waals surface area contributed by atoms with Gasteiger partial charge in [-0.2, -0.15) is 5.26 Å². The average molecular weight is 359 g/mol. The van der Waals surface area contributed by atoms with Crippen LogP contribution in [0, 0.1) is 11.3 Å². The fraction of sp³-hybridized carbons (Fsp3) is 0.556. The topological polar surface area (TPSA) is 104 Å². The molecule has 2 unspecified atom stereocenters. The highest BCUT2D eigenvalue weighted by molar-refractivity contribution is 5.71. The van der Waals surface area contributed by atoms with E-state index in [-0.39, 0.29) is 12.2 Å². The van der Waals surface area contributed by atoms with Crippen LogP contribution in [0.4, 0.5) is 4.79 Å². The Bertz CT molecular complexity index is 633. The highest BCUT2D eigenvalue weighted by atomic mass is 16.5. The molecule has 2 saturated heterocycles. The number of rotatable bonds is 7. The van der Waals surface area contributed by atoms with Crippen molar-refractivity contribution in [2.75, 3.05) is 52.4 Å². The fourth-order valence-corrected chi connectivity index (χ4v) is 3.32. The largest absolute Gasteiger partial charge is 0.492 e. The summed E-state index contributed by atoms with van der Waals surface area (Å²) in [5, 5.41) is 12.2. The molecule has 1 aromatic rings. The van der Waals surface area contributed by atoms with Crippen LogP contribution < -0.4 is 15.8 Å². The molecule has 8 heteroatoms. The SMILES string of the molecule is N#Cc1ccc(OCCN(CCN2CC3CNCC(C2)O3)C(N)=O)cc1. The van der Waals surface area contributed by atoms with Gasteiger partial charge in [0.1, 0.15) is 12.4 Å². The maximum atomic E-state index is 11.7. The number of nitrogens with zero attached hydrogens (tertiary/aromatic N) is 3. The molecule has 0 aromatic heterocycles. The summed E-state index contributed by atoms with van der Waals surface area (Å²) in [5.74, 6) is 0.668. The smallest absolute Gasteiger partial charge is 0.314 e. The van der Waals surface area contributed by atoms with E-state index in [9.17, 15) is 4.79 Å². The number of primary amides is 1. The van der Waals surface area contributed by atoms with Gasteiger partial charge in [0, 0.05) is 39.3 Å². The van der Waals surface area contributed by atoms with Crippen molar-refractivity contribution in [3.05, 3.63) is 29.8 Å². The highest BCUT2D eigenvalue weighted by Crippen LogP contribution is 2.14. The molecule has 3 N–H and O–H groups in total. The number of urea groups is 1. The first-order chi connectivity index (χ1) is 12.6. The lowest BCUT2D eigenvalue weighted by atomic mass is 10.1. The maximum absolute atomic E-state index is 11.7. The Morgan fingerprint density at radius 3 is 2.62 bits per heavy atom. The Kier molecular flexibility index (Phi) is 6.28. The summed E-state index contributed by atoms with van der Waals surface area (Å²) in [6.07, 6.45) is 0.452. The second kappa shape index (κ2) is 8.85. The van der Waals surface area contributed by atoms with Gasteiger partial charge >= 0.3 is 6.03 Å². The molecular formula is C18H25N5O3. The van der Waals surface area contributed by atoms with Crippen LogP contribution in [0.2, 0.25) is 0 Å². The van der Waals surface area contributed by atoms with Crippen molar-refractivity contribution in [3.8, 4) is 11.8 Å². The van der Waals surface area contributed by atoms with Crippen LogP contribution in [0.5, 0.6) is 5.75 Å². The van der Waals surface area contributed by atoms with Crippen molar-refractivity contribution in [3.63, 3.8) is 0 Å². The van der Waals surface area contributed by atoms with Gasteiger partial charge in [0.2, 0.25) is 0 Å². The molecule has 26 heavy (non-hydrogen) atoms. The first-order valence-electron chi connectivity index (χ1n) is 8.90. The van der Waals surface area contributed by atoms with Gasteiger partial charge in [-0.25, -0.2) is 4.79 Å². The van der Waals surface area contributed by atoms with Gasteiger partial charge in [-0.3, -0.25) is 4.90 Å². The van der Waals surface area contributed by atoms with E-state index in [4.69, 9.17) is 20.5 Å². The van der Waals surface area contributed by atoms with Crippen molar-refractivity contribution in [2.24, 2.45) is 5.73 Å². The normalized spacial score (nSPS) is 22.4. The number of carbonyl (C=O) groups excluding carboxylic acids is 1. The second-order valence-corrected chi connectivity index (χ2v) is 6.61. The molecule has 0 saturated carbocycles. The predicted octanol–water partition coefficient (Wildman–Crippen LogP) is -0.00962. The molecule has 2 aliphatic heterocycles. The number of morpholine rings is 2. The quantitative estimate of drug-likeness (QED) is 0.710. The Labute approximate surface area is 153 Å². The summed E-state index contributed by atoms with van der Waals surface area (Å²) in [6.45, 7) is 5.63. The molecule has 1 aromatic carbocycles. The van der Waals surface area contributed by atoms with Crippen molar-refractivity contribution in [1.82, 2.24) is 15.1 Å². The van der Waals surface area contributed by atoms with Crippen molar-refractivity contribution in [2.45, 2.75) is 12.2 Å². The third-order valence-electron chi connectivity index (χ3n) is 4.66. The van der Waals surface area contributed by atoms with Gasteiger partial charge in [-0.1, -0.05) is 0 Å². The molecule has 2 bridgehead atoms. The zero-order valence-electron chi connectivity index (χ0n) is 14.8. The number of benzene rings is 1. The minimum atomic E-state index is -0.441. The Balaban J connectivity index is 1.42. The molecule has 3 rings (SSSR count). The Morgan fingerprint density at radius 1 is 1.31 bits per heavy atom. The van der Waals surface area contributed by atoms with Crippen LogP contribution >= 0.6 is 0 Å². The van der Waals surface area contributed by atoms with E-state index in [0.29, 0.717) is 31.0 Å². The minimum Gasteiger partial charge on any atom is -0.492 e. The van der Waals surface area contributed by atoms with Crippen LogP contribution in [-0.2, 0) is 4.74 Å². The number of hydrogen-bond donors (Lipinski definition) is 2. The average Bonchev–Trinajstić information content (AvgIpc) is 2.64. The molecule has 0 spiro atoms. The van der Waals surface area contributed by atoms with Crippen LogP contribution in [0.3, 0.4) is 0 Å². The van der Waals surface area contributed by atoms with Gasteiger partial charge in [0.05, 0.1) is 30.4 Å². The number of nitriles is 1. The summed E-state index contributed by atoms with van der Waals surface area (Å²) >= 11 is 0. The van der Waals surface area contributed by atoms with E-state index in [1.54, 1.807) is 29.2 Å². The fourth-order valence-electron chi connectivity index (χ4n) is 3.32. The predicted molar refractivity (Wildman–Crippen MR) is 95.8 cm³/mol. The van der Waals surface area contributed by atoms with Crippen LogP contribution in [0.1, 0.15) is 5.56 Å². The first kappa shape index (κ1) is 18.5. The van der Waals surface area contributed by atoms with Crippen LogP contribution in [0.15, 0.2) is 24.3 Å². The zero-order chi connectivity index (χ0) is 18.4. The lowest BCUT2D eigenvalue weighted by Crippen LogP contribution is -2.59. The van der Waals surface area contributed by atoms with Crippen LogP contribution in [-0.4, -0.2) is 80.5 Å². The number of nitrogens with two attached hydrogens (primary N) is 1. The molecule has 8 nitrogen and oxygen atoms in total. The minimum absolute atomic E-state index is 0.226. The Hall–Kier alpha value is -2.34. The maximum Gasteiger partial charge on any atom is 0.314 e. The van der Waals surface area contributed by atoms with Gasteiger partial charge in [-0.05, 0) is 24.3 Å². The third kappa shape index (κ3) is 5.08. The summed E-state index contributed by atoms with van der Waals surface area (Å²) in [6, 6.07) is 8.51. The van der Waals surface area contributed by atoms with Gasteiger partial charge in [0.15, 0.2) is 0 Å². The van der Waals surface area contributed by atoms with Crippen molar-refractivity contribution >= 4 is 6.03 Å². The standard InChI is InChI=1S/C18H25N5O3/c19-9-14-1-3-15(4-2-14)25-8-7-23(18(20)24)6-5-22-12-16-10-21-11-17(13-22)26-16/h1-4,16-17,21H,5-8,10-13H2,(H2,20,24). The number of hydrogen-bond acceptors (Lipinski definition) is 6. The van der Waals surface area contributed by atoms with E-state index in [0.717, 1.165) is 32.7 Å². The molecule has 2 aliphatic rings. The molecule has 0 aliphatic carbocycles. The monoisotopic (exact) mass is 359 g/mol. The van der Waals surface area contributed by atoms with E-state index < -0.39 is 6.03 Å². The molecule has 0 radical (unpaired) electrons. The lowest BCUT2D eigenvalue weighted by molar-refractivity contribution is -0.103. The summed E-state index contributed by atoms with van der Waals surface area (Å²) in [5.41, 5.74) is 6.09. The molecule has 2 heterocycles. The number of fused-ring (bicyclic) bond motifs is 2. The van der Waals surface area contributed by atoms with Crippen molar-refractivity contribution < 1.29 is 14.3 Å². The summed E-state index contributed by atoms with van der Waals surface area (Å²) in [7, 11) is 0. The highest BCUT2D eigenvalue weighted by Gasteiger charge is 2.30. The van der Waals surface area contributed by atoms with Crippen LogP contribution in [0.25, 0.3) is 0 Å². The number of nitrogens with one attached hydrogen (secondary N) is 1. The zero-order valence-corrected chi connectivity index (χ0v) is 14.8. The molecular weight excluding hydrogens is 334 g/mol. The van der Waals surface area contributed by atoms with Gasteiger partial charge in [0.25, 0.3) is 0 Å². The van der Waals surface area contributed by atoms with E-state index >= 15 is 0 Å². The third-order valence-corrected chi connectivity index (χ3v) is 4.66. The van der Waals surface area contributed by atoms with Gasteiger partial charge < -0.3 is 25.4 Å². The van der Waals surface area contributed by atoms with E-state index in [1.807, 2.05) is 0 Å². The van der Waals surface area contributed by atoms with E-state index in [2.05, 4.69) is 16.3 Å². The molecule has 2 fully saturated rings. The number of carbonyl (C=O) groups is 1. The Morgan fingerprint density at radius 2 is 2.00 bits per heavy atom. The molecule has 140 valence electrons. The van der Waals surface area contributed by atoms with Gasteiger partial charge in [-0.15, -0.1) is 0 Å².